The van der Waals surface area contributed by atoms with Gasteiger partial charge in [-0.2, -0.15) is 0 Å². The number of aliphatic hydroxyl groups is 1. The lowest BCUT2D eigenvalue weighted by atomic mass is 10.0. The molecule has 168 valence electrons. The summed E-state index contributed by atoms with van der Waals surface area (Å²) in [6.45, 7) is 3.69. The molecule has 9 heteroatoms. The molecule has 0 saturated carbocycles. The van der Waals surface area contributed by atoms with Crippen LogP contribution in [0.3, 0.4) is 0 Å². The lowest BCUT2D eigenvalue weighted by molar-refractivity contribution is -0.122. The summed E-state index contributed by atoms with van der Waals surface area (Å²) in [5.41, 5.74) is 3.82. The molecule has 0 aliphatic carbocycles. The maximum absolute atomic E-state index is 12.6. The number of aromatic nitrogens is 1. The number of nitrogens with zero attached hydrogens (tertiary/aromatic N) is 2. The largest absolute Gasteiger partial charge is 0.395 e. The molecule has 1 aromatic heterocycles. The number of carbonyl (C=O) groups excluding carboxylic acids is 2. The van der Waals surface area contributed by atoms with Crippen LogP contribution in [0.4, 0.5) is 0 Å². The minimum absolute atomic E-state index is 0.0983. The number of amides is 2. The highest BCUT2D eigenvalue weighted by Crippen LogP contribution is 2.26. The van der Waals surface area contributed by atoms with Crippen molar-refractivity contribution in [2.75, 3.05) is 32.8 Å². The highest BCUT2D eigenvalue weighted by atomic mass is 16.5. The van der Waals surface area contributed by atoms with Crippen LogP contribution in [0.5, 0.6) is 0 Å². The molecular weight excluding hydrogens is 410 g/mol. The molecule has 0 radical (unpaired) electrons. The second-order valence-corrected chi connectivity index (χ2v) is 7.71. The molecule has 2 aliphatic rings. The maximum Gasteiger partial charge on any atom is 0.251 e. The second kappa shape index (κ2) is 9.90. The number of ether oxygens (including phenoxy) is 1. The number of nitrogens with one attached hydrogen (secondary N) is 3. The lowest BCUT2D eigenvalue weighted by Gasteiger charge is -2.41. The highest BCUT2D eigenvalue weighted by Gasteiger charge is 2.32. The molecule has 0 bridgehead atoms. The van der Waals surface area contributed by atoms with E-state index in [1.807, 2.05) is 24.3 Å². The van der Waals surface area contributed by atoms with Crippen LogP contribution >= 0.6 is 0 Å². The normalized spacial score (nSPS) is 21.6. The predicted octanol–water partition coefficient (Wildman–Crippen LogP) is 0.611. The van der Waals surface area contributed by atoms with Crippen molar-refractivity contribution in [3.05, 3.63) is 71.1 Å². The van der Waals surface area contributed by atoms with Crippen LogP contribution in [0.1, 0.15) is 34.5 Å². The van der Waals surface area contributed by atoms with E-state index in [1.54, 1.807) is 31.5 Å². The smallest absolute Gasteiger partial charge is 0.251 e. The minimum atomic E-state index is -0.357. The van der Waals surface area contributed by atoms with Gasteiger partial charge in [0.2, 0.25) is 0 Å². The third-order valence-electron chi connectivity index (χ3n) is 5.64. The Hall–Kier alpha value is -3.27. The van der Waals surface area contributed by atoms with Crippen LogP contribution in [-0.2, 0) is 9.53 Å². The fraction of sp³-hybridized carbons (Fsp3) is 0.348. The fourth-order valence-corrected chi connectivity index (χ4v) is 3.85. The predicted molar refractivity (Wildman–Crippen MR) is 118 cm³/mol. The summed E-state index contributed by atoms with van der Waals surface area (Å²) in [6, 6.07) is 11.0. The van der Waals surface area contributed by atoms with Gasteiger partial charge < -0.3 is 25.8 Å². The molecule has 1 fully saturated rings. The quantitative estimate of drug-likeness (QED) is 0.523. The monoisotopic (exact) mass is 437 g/mol. The molecule has 2 aliphatic heterocycles. The van der Waals surface area contributed by atoms with Crippen LogP contribution in [0.15, 0.2) is 54.4 Å². The Kier molecular flexibility index (Phi) is 6.79. The third kappa shape index (κ3) is 4.80. The number of benzene rings is 1. The van der Waals surface area contributed by atoms with E-state index in [9.17, 15) is 9.59 Å². The number of hydrogen-bond acceptors (Lipinski definition) is 7. The third-order valence-corrected chi connectivity index (χ3v) is 5.64. The van der Waals surface area contributed by atoms with E-state index in [2.05, 4.69) is 25.8 Å². The standard InChI is InChI=1S/C23H27N5O4/c1-15-20(17-6-8-24-9-7-17)26-23(27-21(15)30)28-11-13-32-19(14-28)16-2-4-18(5-3-16)22(31)25-10-12-29/h2-9,19,23,26,29H,10-14H2,1H3,(H,25,31)(H,27,30)/t19-,23?/m1/s1. The maximum atomic E-state index is 12.6. The summed E-state index contributed by atoms with van der Waals surface area (Å²) in [7, 11) is 0. The molecule has 2 atom stereocenters. The number of pyridine rings is 1. The van der Waals surface area contributed by atoms with E-state index in [4.69, 9.17) is 9.84 Å². The Labute approximate surface area is 186 Å². The number of carbonyl (C=O) groups is 2. The molecule has 1 aromatic carbocycles. The molecule has 0 spiro atoms. The zero-order valence-corrected chi connectivity index (χ0v) is 17.9. The molecule has 3 heterocycles. The average molecular weight is 438 g/mol. The zero-order valence-electron chi connectivity index (χ0n) is 17.9. The minimum Gasteiger partial charge on any atom is -0.395 e. The van der Waals surface area contributed by atoms with Crippen molar-refractivity contribution in [1.82, 2.24) is 25.8 Å². The van der Waals surface area contributed by atoms with Crippen molar-refractivity contribution in [2.45, 2.75) is 19.3 Å². The van der Waals surface area contributed by atoms with Crippen molar-refractivity contribution < 1.29 is 19.4 Å². The Morgan fingerprint density at radius 2 is 1.97 bits per heavy atom. The van der Waals surface area contributed by atoms with Gasteiger partial charge in [-0.1, -0.05) is 12.1 Å². The Balaban J connectivity index is 1.45. The summed E-state index contributed by atoms with van der Waals surface area (Å²) in [5.74, 6) is -0.335. The SMILES string of the molecule is CC1=C(c2ccncc2)NC(N2CCO[C@@H](c3ccc(C(=O)NCCO)cc3)C2)NC1=O. The number of morpholine rings is 1. The van der Waals surface area contributed by atoms with E-state index in [0.717, 1.165) is 16.8 Å². The summed E-state index contributed by atoms with van der Waals surface area (Å²) in [6.07, 6.45) is 2.87. The molecule has 4 N–H and O–H groups in total. The van der Waals surface area contributed by atoms with Gasteiger partial charge in [-0.25, -0.2) is 0 Å². The summed E-state index contributed by atoms with van der Waals surface area (Å²) < 4.78 is 5.97. The van der Waals surface area contributed by atoms with Crippen molar-refractivity contribution in [1.29, 1.82) is 0 Å². The van der Waals surface area contributed by atoms with Crippen molar-refractivity contribution in [2.24, 2.45) is 0 Å². The number of rotatable bonds is 6. The second-order valence-electron chi connectivity index (χ2n) is 7.71. The van der Waals surface area contributed by atoms with Gasteiger partial charge in [0.15, 0.2) is 6.29 Å². The van der Waals surface area contributed by atoms with E-state index >= 15 is 0 Å². The van der Waals surface area contributed by atoms with E-state index in [-0.39, 0.29) is 37.4 Å². The zero-order chi connectivity index (χ0) is 22.5. The molecule has 2 amide bonds. The number of aliphatic hydroxyl groups excluding tert-OH is 1. The van der Waals surface area contributed by atoms with Crippen LogP contribution < -0.4 is 16.0 Å². The molecule has 1 unspecified atom stereocenters. The van der Waals surface area contributed by atoms with Gasteiger partial charge in [0.05, 0.1) is 25.0 Å². The van der Waals surface area contributed by atoms with E-state index < -0.39 is 0 Å². The van der Waals surface area contributed by atoms with Gasteiger partial charge >= 0.3 is 0 Å². The summed E-state index contributed by atoms with van der Waals surface area (Å²) in [4.78, 5) is 30.9. The molecular formula is C23H27N5O4. The van der Waals surface area contributed by atoms with E-state index in [1.165, 1.54) is 0 Å². The van der Waals surface area contributed by atoms with Gasteiger partial charge in [0.1, 0.15) is 0 Å². The molecule has 9 nitrogen and oxygen atoms in total. The first-order valence-corrected chi connectivity index (χ1v) is 10.6. The Bertz CT molecular complexity index is 993. The molecule has 4 rings (SSSR count). The topological polar surface area (TPSA) is 116 Å². The molecule has 1 saturated heterocycles. The van der Waals surface area contributed by atoms with Crippen molar-refractivity contribution in [3.63, 3.8) is 0 Å². The fourth-order valence-electron chi connectivity index (χ4n) is 3.85. The van der Waals surface area contributed by atoms with Gasteiger partial charge in [0, 0.05) is 48.7 Å². The summed E-state index contributed by atoms with van der Waals surface area (Å²) in [5, 5.41) is 18.0. The first-order chi connectivity index (χ1) is 15.6. The first kappa shape index (κ1) is 21.9. The van der Waals surface area contributed by atoms with Crippen molar-refractivity contribution in [3.8, 4) is 0 Å². The van der Waals surface area contributed by atoms with Gasteiger partial charge in [0.25, 0.3) is 11.8 Å². The lowest BCUT2D eigenvalue weighted by Crippen LogP contribution is -2.61. The Morgan fingerprint density at radius 3 is 2.69 bits per heavy atom. The van der Waals surface area contributed by atoms with Gasteiger partial charge in [-0.3, -0.25) is 19.5 Å². The Morgan fingerprint density at radius 1 is 1.22 bits per heavy atom. The van der Waals surface area contributed by atoms with E-state index in [0.29, 0.717) is 30.8 Å². The van der Waals surface area contributed by atoms with Crippen LogP contribution in [-0.4, -0.2) is 65.9 Å². The first-order valence-electron chi connectivity index (χ1n) is 10.6. The summed E-state index contributed by atoms with van der Waals surface area (Å²) >= 11 is 0. The van der Waals surface area contributed by atoms with Crippen LogP contribution in [0, 0.1) is 0 Å². The van der Waals surface area contributed by atoms with Crippen molar-refractivity contribution >= 4 is 17.5 Å². The van der Waals surface area contributed by atoms with Crippen LogP contribution in [0.2, 0.25) is 0 Å². The highest BCUT2D eigenvalue weighted by molar-refractivity contribution is 6.01. The van der Waals surface area contributed by atoms with Gasteiger partial charge in [-0.05, 0) is 36.8 Å². The average Bonchev–Trinajstić information content (AvgIpc) is 2.85. The van der Waals surface area contributed by atoms with Crippen LogP contribution in [0.25, 0.3) is 5.70 Å². The van der Waals surface area contributed by atoms with Gasteiger partial charge in [-0.15, -0.1) is 0 Å². The molecule has 2 aromatic rings. The number of hydrogen-bond donors (Lipinski definition) is 4. The molecule has 32 heavy (non-hydrogen) atoms.